The predicted octanol–water partition coefficient (Wildman–Crippen LogP) is 8.84. The standard InChI is InChI=1S/C34H44FN3O2S/c1-23(2)29-12-9-13-30(24(3)4)33(29)36-34(40)38(28-10-7-6-8-11-28)22-32(39)37(21-31-25(5)18-19-41-31)20-26-14-16-27(35)17-15-26/h9,12-19,23-24,28H,6-8,10-11,20-22H2,1-5H3,(H,36,40). The molecule has 1 saturated carbocycles. The zero-order chi connectivity index (χ0) is 29.5. The first-order valence-corrected chi connectivity index (χ1v) is 15.8. The molecule has 0 atom stereocenters. The number of carbonyl (C=O) groups excluding carboxylic acids is 2. The number of para-hydroxylation sites is 1. The minimum absolute atomic E-state index is 0.00295. The van der Waals surface area contributed by atoms with Crippen molar-refractivity contribution in [2.75, 3.05) is 11.9 Å². The van der Waals surface area contributed by atoms with Crippen LogP contribution < -0.4 is 5.32 Å². The Balaban J connectivity index is 1.63. The van der Waals surface area contributed by atoms with Crippen LogP contribution in [0.25, 0.3) is 0 Å². The predicted molar refractivity (Wildman–Crippen MR) is 167 cm³/mol. The van der Waals surface area contributed by atoms with Crippen molar-refractivity contribution in [2.45, 2.75) is 97.7 Å². The average molecular weight is 578 g/mol. The molecule has 1 fully saturated rings. The number of nitrogens with zero attached hydrogens (tertiary/aromatic N) is 2. The Labute approximate surface area is 248 Å². The highest BCUT2D eigenvalue weighted by Crippen LogP contribution is 2.33. The van der Waals surface area contributed by atoms with E-state index in [9.17, 15) is 14.0 Å². The van der Waals surface area contributed by atoms with Gasteiger partial charge in [-0.1, -0.05) is 77.3 Å². The molecular formula is C34H44FN3O2S. The largest absolute Gasteiger partial charge is 0.332 e. The van der Waals surface area contributed by atoms with Crippen molar-refractivity contribution in [3.05, 3.63) is 86.9 Å². The fraction of sp³-hybridized carbons (Fsp3) is 0.471. The molecule has 3 aromatic rings. The van der Waals surface area contributed by atoms with Crippen LogP contribution in [0.2, 0.25) is 0 Å². The highest BCUT2D eigenvalue weighted by atomic mass is 32.1. The summed E-state index contributed by atoms with van der Waals surface area (Å²) in [7, 11) is 0. The molecule has 3 amide bonds. The number of thiophene rings is 1. The number of hydrogen-bond donors (Lipinski definition) is 1. The van der Waals surface area contributed by atoms with Gasteiger partial charge in [-0.05, 0) is 77.4 Å². The van der Waals surface area contributed by atoms with Crippen LogP contribution in [-0.2, 0) is 17.9 Å². The maximum atomic E-state index is 14.1. The van der Waals surface area contributed by atoms with Crippen LogP contribution in [0.4, 0.5) is 14.9 Å². The van der Waals surface area contributed by atoms with Crippen molar-refractivity contribution >= 4 is 29.0 Å². The number of aryl methyl sites for hydroxylation is 1. The van der Waals surface area contributed by atoms with Gasteiger partial charge in [0.05, 0.1) is 6.54 Å². The van der Waals surface area contributed by atoms with Crippen LogP contribution in [0.1, 0.15) is 98.8 Å². The first-order chi connectivity index (χ1) is 19.6. The Morgan fingerprint density at radius 2 is 1.56 bits per heavy atom. The van der Waals surface area contributed by atoms with Crippen LogP contribution in [0.5, 0.6) is 0 Å². The lowest BCUT2D eigenvalue weighted by atomic mass is 9.92. The number of anilines is 1. The summed E-state index contributed by atoms with van der Waals surface area (Å²) in [6.45, 7) is 11.4. The quantitative estimate of drug-likeness (QED) is 0.262. The second-order valence-electron chi connectivity index (χ2n) is 11.9. The monoisotopic (exact) mass is 577 g/mol. The Kier molecular flexibility index (Phi) is 10.6. The molecule has 1 N–H and O–H groups in total. The van der Waals surface area contributed by atoms with E-state index in [4.69, 9.17) is 0 Å². The molecule has 7 heteroatoms. The number of benzene rings is 2. The molecule has 1 heterocycles. The molecule has 1 aliphatic rings. The molecule has 4 rings (SSSR count). The van der Waals surface area contributed by atoms with Crippen LogP contribution in [0.3, 0.4) is 0 Å². The first kappa shape index (κ1) is 30.8. The molecule has 1 aromatic heterocycles. The third-order valence-corrected chi connectivity index (χ3v) is 9.14. The van der Waals surface area contributed by atoms with Gasteiger partial charge in [0.15, 0.2) is 0 Å². The molecule has 41 heavy (non-hydrogen) atoms. The van der Waals surface area contributed by atoms with Crippen molar-refractivity contribution < 1.29 is 14.0 Å². The molecule has 0 saturated heterocycles. The second kappa shape index (κ2) is 14.1. The van der Waals surface area contributed by atoms with Gasteiger partial charge in [0.1, 0.15) is 12.4 Å². The Bertz CT molecular complexity index is 1290. The maximum Gasteiger partial charge on any atom is 0.322 e. The lowest BCUT2D eigenvalue weighted by molar-refractivity contribution is -0.133. The normalized spacial score (nSPS) is 14.0. The van der Waals surface area contributed by atoms with Gasteiger partial charge in [0.25, 0.3) is 0 Å². The van der Waals surface area contributed by atoms with Crippen LogP contribution in [0, 0.1) is 12.7 Å². The molecule has 0 aliphatic heterocycles. The number of urea groups is 1. The fourth-order valence-electron chi connectivity index (χ4n) is 5.66. The molecule has 0 unspecified atom stereocenters. The molecule has 0 radical (unpaired) electrons. The van der Waals surface area contributed by atoms with E-state index in [2.05, 4.69) is 57.3 Å². The van der Waals surface area contributed by atoms with Crippen molar-refractivity contribution in [3.8, 4) is 0 Å². The zero-order valence-electron chi connectivity index (χ0n) is 25.1. The molecule has 0 spiro atoms. The molecule has 0 bridgehead atoms. The summed E-state index contributed by atoms with van der Waals surface area (Å²) < 4.78 is 13.6. The third kappa shape index (κ3) is 7.97. The second-order valence-corrected chi connectivity index (χ2v) is 12.9. The summed E-state index contributed by atoms with van der Waals surface area (Å²) in [5.74, 6) is 0.0791. The highest BCUT2D eigenvalue weighted by Gasteiger charge is 2.30. The number of halogens is 1. The lowest BCUT2D eigenvalue weighted by Crippen LogP contribution is -2.49. The Morgan fingerprint density at radius 3 is 2.12 bits per heavy atom. The van der Waals surface area contributed by atoms with E-state index in [1.807, 2.05) is 12.3 Å². The van der Waals surface area contributed by atoms with E-state index in [0.29, 0.717) is 13.1 Å². The molecule has 220 valence electrons. The SMILES string of the molecule is Cc1ccsc1CN(Cc1ccc(F)cc1)C(=O)CN(C(=O)Nc1c(C(C)C)cccc1C(C)C)C1CCCCC1. The smallest absolute Gasteiger partial charge is 0.322 e. The van der Waals surface area contributed by atoms with E-state index in [0.717, 1.165) is 64.9 Å². The van der Waals surface area contributed by atoms with Crippen molar-refractivity contribution in [3.63, 3.8) is 0 Å². The minimum atomic E-state index is -0.302. The van der Waals surface area contributed by atoms with E-state index < -0.39 is 0 Å². The molecule has 1 aliphatic carbocycles. The highest BCUT2D eigenvalue weighted by molar-refractivity contribution is 7.10. The van der Waals surface area contributed by atoms with E-state index in [1.54, 1.807) is 33.3 Å². The first-order valence-electron chi connectivity index (χ1n) is 14.9. The van der Waals surface area contributed by atoms with Gasteiger partial charge in [-0.2, -0.15) is 0 Å². The van der Waals surface area contributed by atoms with Crippen molar-refractivity contribution in [1.82, 2.24) is 9.80 Å². The van der Waals surface area contributed by atoms with Gasteiger partial charge in [0, 0.05) is 23.2 Å². The van der Waals surface area contributed by atoms with Crippen LogP contribution in [0.15, 0.2) is 53.9 Å². The summed E-state index contributed by atoms with van der Waals surface area (Å²) in [6, 6.07) is 14.4. The Morgan fingerprint density at radius 1 is 0.927 bits per heavy atom. The molecule has 2 aromatic carbocycles. The van der Waals surface area contributed by atoms with E-state index in [1.165, 1.54) is 12.1 Å². The van der Waals surface area contributed by atoms with E-state index >= 15 is 0 Å². The average Bonchev–Trinajstić information content (AvgIpc) is 3.36. The molecular weight excluding hydrogens is 533 g/mol. The van der Waals surface area contributed by atoms with Crippen LogP contribution in [-0.4, -0.2) is 34.3 Å². The lowest BCUT2D eigenvalue weighted by Gasteiger charge is -2.36. The molecule has 5 nitrogen and oxygen atoms in total. The number of amides is 3. The summed E-state index contributed by atoms with van der Waals surface area (Å²) in [4.78, 5) is 32.8. The number of nitrogens with one attached hydrogen (secondary N) is 1. The Hall–Kier alpha value is -3.19. The van der Waals surface area contributed by atoms with Gasteiger partial charge in [-0.15, -0.1) is 11.3 Å². The fourth-order valence-corrected chi connectivity index (χ4v) is 6.58. The maximum absolute atomic E-state index is 14.1. The number of rotatable bonds is 10. The van der Waals surface area contributed by atoms with Gasteiger partial charge in [0.2, 0.25) is 5.91 Å². The van der Waals surface area contributed by atoms with Crippen molar-refractivity contribution in [2.24, 2.45) is 0 Å². The van der Waals surface area contributed by atoms with Gasteiger partial charge in [-0.25, -0.2) is 9.18 Å². The van der Waals surface area contributed by atoms with Gasteiger partial charge >= 0.3 is 6.03 Å². The zero-order valence-corrected chi connectivity index (χ0v) is 25.9. The number of carbonyl (C=O) groups is 2. The minimum Gasteiger partial charge on any atom is -0.332 e. The van der Waals surface area contributed by atoms with Gasteiger partial charge in [-0.3, -0.25) is 4.79 Å². The van der Waals surface area contributed by atoms with Gasteiger partial charge < -0.3 is 15.1 Å². The number of hydrogen-bond acceptors (Lipinski definition) is 3. The summed E-state index contributed by atoms with van der Waals surface area (Å²) >= 11 is 1.63. The summed E-state index contributed by atoms with van der Waals surface area (Å²) in [6.07, 6.45) is 5.05. The third-order valence-electron chi connectivity index (χ3n) is 8.13. The summed E-state index contributed by atoms with van der Waals surface area (Å²) in [5.41, 5.74) is 5.07. The summed E-state index contributed by atoms with van der Waals surface area (Å²) in [5, 5.41) is 5.30. The van der Waals surface area contributed by atoms with Crippen molar-refractivity contribution in [1.29, 1.82) is 0 Å². The van der Waals surface area contributed by atoms with Crippen LogP contribution >= 0.6 is 11.3 Å². The van der Waals surface area contributed by atoms with E-state index in [-0.39, 0.29) is 42.2 Å². The topological polar surface area (TPSA) is 52.7 Å².